The second-order valence-electron chi connectivity index (χ2n) is 3.48. The topological polar surface area (TPSA) is 42.0 Å². The van der Waals surface area contributed by atoms with E-state index >= 15 is 0 Å². The Balaban J connectivity index is 2.06. The van der Waals surface area contributed by atoms with E-state index in [-0.39, 0.29) is 5.91 Å². The first kappa shape index (κ1) is 11.7. The minimum Gasteiger partial charge on any atom is -0.326 e. The predicted octanol–water partition coefficient (Wildman–Crippen LogP) is 3.19. The molecule has 3 nitrogen and oxygen atoms in total. The van der Waals surface area contributed by atoms with Crippen LogP contribution in [0.2, 0.25) is 0 Å². The molecule has 4 heteroatoms. The molecule has 0 unspecified atom stereocenters. The van der Waals surface area contributed by atoms with E-state index in [1.165, 1.54) is 6.92 Å². The molecule has 2 rings (SSSR count). The highest BCUT2D eigenvalue weighted by molar-refractivity contribution is 7.99. The number of nitrogens with one attached hydrogen (secondary N) is 1. The summed E-state index contributed by atoms with van der Waals surface area (Å²) in [5.74, 6) is -0.0601. The molecule has 0 radical (unpaired) electrons. The van der Waals surface area contributed by atoms with Crippen molar-refractivity contribution >= 4 is 23.4 Å². The van der Waals surface area contributed by atoms with E-state index < -0.39 is 0 Å². The van der Waals surface area contributed by atoms with Crippen LogP contribution in [0.25, 0.3) is 0 Å². The number of anilines is 1. The van der Waals surface area contributed by atoms with E-state index in [1.807, 2.05) is 42.5 Å². The second kappa shape index (κ2) is 5.50. The summed E-state index contributed by atoms with van der Waals surface area (Å²) in [6.45, 7) is 1.50. The lowest BCUT2D eigenvalue weighted by molar-refractivity contribution is -0.114. The second-order valence-corrected chi connectivity index (χ2v) is 4.57. The Morgan fingerprint density at radius 2 is 1.94 bits per heavy atom. The van der Waals surface area contributed by atoms with Crippen LogP contribution < -0.4 is 5.32 Å². The van der Waals surface area contributed by atoms with Gasteiger partial charge in [-0.2, -0.15) is 0 Å². The van der Waals surface area contributed by atoms with E-state index in [0.717, 1.165) is 15.6 Å². The van der Waals surface area contributed by atoms with Gasteiger partial charge in [-0.25, -0.2) is 4.98 Å². The molecule has 1 amide bonds. The van der Waals surface area contributed by atoms with Gasteiger partial charge in [0.25, 0.3) is 0 Å². The minimum atomic E-state index is -0.0601. The third kappa shape index (κ3) is 3.60. The number of carbonyl (C=O) groups excluding carboxylic acids is 1. The van der Waals surface area contributed by atoms with Gasteiger partial charge in [0.05, 0.1) is 0 Å². The highest BCUT2D eigenvalue weighted by Gasteiger charge is 1.99. The maximum absolute atomic E-state index is 10.9. The van der Waals surface area contributed by atoms with Gasteiger partial charge >= 0.3 is 0 Å². The molecule has 1 N–H and O–H groups in total. The number of pyridine rings is 1. The van der Waals surface area contributed by atoms with Gasteiger partial charge < -0.3 is 5.32 Å². The fourth-order valence-corrected chi connectivity index (χ4v) is 2.11. The Morgan fingerprint density at radius 3 is 2.53 bits per heavy atom. The molecule has 0 saturated heterocycles. The van der Waals surface area contributed by atoms with E-state index in [9.17, 15) is 4.79 Å². The van der Waals surface area contributed by atoms with Gasteiger partial charge in [0.1, 0.15) is 5.03 Å². The number of aromatic nitrogens is 1. The monoisotopic (exact) mass is 244 g/mol. The highest BCUT2D eigenvalue weighted by Crippen LogP contribution is 2.26. The maximum Gasteiger partial charge on any atom is 0.221 e. The van der Waals surface area contributed by atoms with E-state index in [0.29, 0.717) is 0 Å². The normalized spacial score (nSPS) is 9.94. The first-order valence-electron chi connectivity index (χ1n) is 5.20. The number of benzene rings is 1. The lowest BCUT2D eigenvalue weighted by Crippen LogP contribution is -2.05. The van der Waals surface area contributed by atoms with Crippen LogP contribution in [0.3, 0.4) is 0 Å². The molecule has 86 valence electrons. The molecule has 17 heavy (non-hydrogen) atoms. The van der Waals surface area contributed by atoms with Crippen LogP contribution in [0.5, 0.6) is 0 Å². The SMILES string of the molecule is CC(=O)Nc1ccc(Sc2ccccn2)cc1. The third-order valence-corrected chi connectivity index (χ3v) is 2.99. The van der Waals surface area contributed by atoms with Crippen molar-refractivity contribution in [1.29, 1.82) is 0 Å². The summed E-state index contributed by atoms with van der Waals surface area (Å²) in [6, 6.07) is 13.5. The van der Waals surface area contributed by atoms with Crippen molar-refractivity contribution in [3.8, 4) is 0 Å². The Kier molecular flexibility index (Phi) is 3.77. The van der Waals surface area contributed by atoms with Gasteiger partial charge in [-0.3, -0.25) is 4.79 Å². The van der Waals surface area contributed by atoms with Crippen LogP contribution in [0.4, 0.5) is 5.69 Å². The first-order chi connectivity index (χ1) is 8.24. The summed E-state index contributed by atoms with van der Waals surface area (Å²) in [4.78, 5) is 16.2. The van der Waals surface area contributed by atoms with E-state index in [2.05, 4.69) is 10.3 Å². The molecule has 0 fully saturated rings. The van der Waals surface area contributed by atoms with Gasteiger partial charge in [-0.05, 0) is 36.4 Å². The number of rotatable bonds is 3. The van der Waals surface area contributed by atoms with E-state index in [1.54, 1.807) is 18.0 Å². The lowest BCUT2D eigenvalue weighted by Gasteiger charge is -2.03. The van der Waals surface area contributed by atoms with Crippen LogP contribution in [0.15, 0.2) is 58.6 Å². The number of nitrogens with zero attached hydrogens (tertiary/aromatic N) is 1. The third-order valence-electron chi connectivity index (χ3n) is 2.03. The molecule has 0 aliphatic heterocycles. The van der Waals surface area contributed by atoms with E-state index in [4.69, 9.17) is 0 Å². The summed E-state index contributed by atoms with van der Waals surface area (Å²) in [5.41, 5.74) is 0.808. The molecule has 1 heterocycles. The standard InChI is InChI=1S/C13H12N2OS/c1-10(16)15-11-5-7-12(8-6-11)17-13-4-2-3-9-14-13/h2-9H,1H3,(H,15,16). The zero-order chi connectivity index (χ0) is 12.1. The molecule has 0 aliphatic carbocycles. The van der Waals surface area contributed by atoms with Crippen LogP contribution in [0, 0.1) is 0 Å². The number of hydrogen-bond acceptors (Lipinski definition) is 3. The fourth-order valence-electron chi connectivity index (χ4n) is 1.34. The van der Waals surface area contributed by atoms with Crippen LogP contribution in [0.1, 0.15) is 6.92 Å². The molecular formula is C13H12N2OS. The van der Waals surface area contributed by atoms with Crippen molar-refractivity contribution in [1.82, 2.24) is 4.98 Å². The summed E-state index contributed by atoms with van der Waals surface area (Å²) in [7, 11) is 0. The Labute approximate surface area is 104 Å². The van der Waals surface area contributed by atoms with Crippen molar-refractivity contribution in [2.24, 2.45) is 0 Å². The predicted molar refractivity (Wildman–Crippen MR) is 69.1 cm³/mol. The lowest BCUT2D eigenvalue weighted by atomic mass is 10.3. The molecule has 0 saturated carbocycles. The largest absolute Gasteiger partial charge is 0.326 e. The molecule has 0 bridgehead atoms. The number of carbonyl (C=O) groups is 1. The average molecular weight is 244 g/mol. The maximum atomic E-state index is 10.9. The Hall–Kier alpha value is -1.81. The summed E-state index contributed by atoms with van der Waals surface area (Å²) in [5, 5.41) is 3.69. The van der Waals surface area contributed by atoms with Crippen molar-refractivity contribution < 1.29 is 4.79 Å². The summed E-state index contributed by atoms with van der Waals surface area (Å²) in [6.07, 6.45) is 1.77. The zero-order valence-corrected chi connectivity index (χ0v) is 10.2. The molecule has 0 atom stereocenters. The fraction of sp³-hybridized carbons (Fsp3) is 0.0769. The first-order valence-corrected chi connectivity index (χ1v) is 6.02. The van der Waals surface area contributed by atoms with Gasteiger partial charge in [0.2, 0.25) is 5.91 Å². The van der Waals surface area contributed by atoms with Gasteiger partial charge in [0.15, 0.2) is 0 Å². The molecular weight excluding hydrogens is 232 g/mol. The van der Waals surface area contributed by atoms with Crippen molar-refractivity contribution in [2.75, 3.05) is 5.32 Å². The highest BCUT2D eigenvalue weighted by atomic mass is 32.2. The smallest absolute Gasteiger partial charge is 0.221 e. The van der Waals surface area contributed by atoms with Crippen LogP contribution in [-0.4, -0.2) is 10.9 Å². The molecule has 0 spiro atoms. The quantitative estimate of drug-likeness (QED) is 0.901. The summed E-state index contributed by atoms with van der Waals surface area (Å²) >= 11 is 1.59. The molecule has 0 aliphatic rings. The summed E-state index contributed by atoms with van der Waals surface area (Å²) < 4.78 is 0. The molecule has 2 aromatic rings. The van der Waals surface area contributed by atoms with Gasteiger partial charge in [-0.15, -0.1) is 0 Å². The van der Waals surface area contributed by atoms with Crippen molar-refractivity contribution in [3.63, 3.8) is 0 Å². The molecule has 1 aromatic carbocycles. The van der Waals surface area contributed by atoms with Gasteiger partial charge in [-0.1, -0.05) is 17.8 Å². The van der Waals surface area contributed by atoms with Gasteiger partial charge in [0, 0.05) is 23.7 Å². The van der Waals surface area contributed by atoms with Crippen LogP contribution in [-0.2, 0) is 4.79 Å². The zero-order valence-electron chi connectivity index (χ0n) is 9.38. The average Bonchev–Trinajstić information content (AvgIpc) is 2.32. The van der Waals surface area contributed by atoms with Crippen LogP contribution >= 0.6 is 11.8 Å². The molecule has 1 aromatic heterocycles. The van der Waals surface area contributed by atoms with Crippen molar-refractivity contribution in [2.45, 2.75) is 16.8 Å². The Morgan fingerprint density at radius 1 is 1.18 bits per heavy atom. The van der Waals surface area contributed by atoms with Crippen molar-refractivity contribution in [3.05, 3.63) is 48.7 Å². The number of hydrogen-bond donors (Lipinski definition) is 1. The number of amides is 1. The Bertz CT molecular complexity index is 497. The minimum absolute atomic E-state index is 0.0601.